The van der Waals surface area contributed by atoms with E-state index in [1.54, 1.807) is 6.07 Å². The van der Waals surface area contributed by atoms with Gasteiger partial charge in [0, 0.05) is 30.8 Å². The van der Waals surface area contributed by atoms with Crippen LogP contribution in [0.1, 0.15) is 34.3 Å². The van der Waals surface area contributed by atoms with Crippen molar-refractivity contribution in [3.8, 4) is 0 Å². The Labute approximate surface area is 141 Å². The van der Waals surface area contributed by atoms with Crippen LogP contribution in [0.15, 0.2) is 48.5 Å². The van der Waals surface area contributed by atoms with Crippen molar-refractivity contribution in [2.24, 2.45) is 0 Å². The number of benzene rings is 2. The van der Waals surface area contributed by atoms with Crippen LogP contribution in [0.3, 0.4) is 0 Å². The van der Waals surface area contributed by atoms with Crippen LogP contribution in [-0.2, 0) is 13.0 Å². The lowest BCUT2D eigenvalue weighted by Gasteiger charge is -2.29. The summed E-state index contributed by atoms with van der Waals surface area (Å²) >= 11 is 0. The first-order valence-electron chi connectivity index (χ1n) is 8.51. The molecule has 0 aromatic heterocycles. The minimum absolute atomic E-state index is 0.0239. The number of hydrogen-bond donors (Lipinski definition) is 1. The van der Waals surface area contributed by atoms with Gasteiger partial charge in [-0.3, -0.25) is 9.69 Å². The molecule has 0 radical (unpaired) electrons. The molecule has 2 aromatic rings. The standard InChI is InChI=1S/C20H21FN2O/c21-18-8-4-2-6-16(18)13-23-12-11-20(14-23)10-9-15-5-1-3-7-17(15)19(24)22-20/h1-8H,9-14H2,(H,22,24). The molecule has 4 heteroatoms. The van der Waals surface area contributed by atoms with Crippen LogP contribution in [-0.4, -0.2) is 29.4 Å². The summed E-state index contributed by atoms with van der Waals surface area (Å²) in [6, 6.07) is 14.8. The first-order chi connectivity index (χ1) is 11.7. The van der Waals surface area contributed by atoms with Crippen molar-refractivity contribution >= 4 is 5.91 Å². The van der Waals surface area contributed by atoms with E-state index in [0.717, 1.165) is 49.0 Å². The zero-order chi connectivity index (χ0) is 16.6. The number of likely N-dealkylation sites (tertiary alicyclic amines) is 1. The van der Waals surface area contributed by atoms with Crippen molar-refractivity contribution in [1.82, 2.24) is 10.2 Å². The molecule has 1 amide bonds. The first-order valence-corrected chi connectivity index (χ1v) is 8.51. The van der Waals surface area contributed by atoms with Gasteiger partial charge < -0.3 is 5.32 Å². The third-order valence-corrected chi connectivity index (χ3v) is 5.30. The Balaban J connectivity index is 1.50. The zero-order valence-corrected chi connectivity index (χ0v) is 13.6. The van der Waals surface area contributed by atoms with Crippen molar-refractivity contribution in [2.45, 2.75) is 31.3 Å². The number of nitrogens with zero attached hydrogens (tertiary/aromatic N) is 1. The van der Waals surface area contributed by atoms with Gasteiger partial charge in [-0.05, 0) is 37.0 Å². The summed E-state index contributed by atoms with van der Waals surface area (Å²) in [5, 5.41) is 3.27. The minimum atomic E-state index is -0.193. The van der Waals surface area contributed by atoms with Crippen LogP contribution >= 0.6 is 0 Å². The highest BCUT2D eigenvalue weighted by molar-refractivity contribution is 5.96. The Kier molecular flexibility index (Phi) is 3.85. The summed E-state index contributed by atoms with van der Waals surface area (Å²) in [4.78, 5) is 14.8. The molecule has 2 aliphatic rings. The van der Waals surface area contributed by atoms with Crippen LogP contribution in [0.5, 0.6) is 0 Å². The zero-order valence-electron chi connectivity index (χ0n) is 13.6. The molecule has 124 valence electrons. The third-order valence-electron chi connectivity index (χ3n) is 5.30. The fraction of sp³-hybridized carbons (Fsp3) is 0.350. The molecule has 1 saturated heterocycles. The third kappa shape index (κ3) is 2.82. The highest BCUT2D eigenvalue weighted by Crippen LogP contribution is 2.31. The molecule has 1 spiro atoms. The number of rotatable bonds is 2. The quantitative estimate of drug-likeness (QED) is 0.920. The largest absolute Gasteiger partial charge is 0.345 e. The summed E-state index contributed by atoms with van der Waals surface area (Å²) < 4.78 is 13.9. The van der Waals surface area contributed by atoms with E-state index in [2.05, 4.69) is 10.2 Å². The van der Waals surface area contributed by atoms with Crippen LogP contribution in [0.2, 0.25) is 0 Å². The number of nitrogens with one attached hydrogen (secondary N) is 1. The van der Waals surface area contributed by atoms with E-state index in [0.29, 0.717) is 6.54 Å². The monoisotopic (exact) mass is 324 g/mol. The Hall–Kier alpha value is -2.20. The molecule has 2 heterocycles. The van der Waals surface area contributed by atoms with Gasteiger partial charge in [-0.25, -0.2) is 4.39 Å². The maximum Gasteiger partial charge on any atom is 0.252 e. The minimum Gasteiger partial charge on any atom is -0.345 e. The van der Waals surface area contributed by atoms with Crippen molar-refractivity contribution < 1.29 is 9.18 Å². The first kappa shape index (κ1) is 15.3. The number of amides is 1. The SMILES string of the molecule is O=C1NC2(CCc3ccccc31)CCN(Cc1ccccc1F)C2. The summed E-state index contributed by atoms with van der Waals surface area (Å²) in [6.45, 7) is 2.25. The molecule has 2 aliphatic heterocycles. The molecule has 1 fully saturated rings. The van der Waals surface area contributed by atoms with E-state index < -0.39 is 0 Å². The lowest BCUT2D eigenvalue weighted by Crippen LogP contribution is -2.49. The van der Waals surface area contributed by atoms with Gasteiger partial charge >= 0.3 is 0 Å². The van der Waals surface area contributed by atoms with Gasteiger partial charge in [0.2, 0.25) is 0 Å². The molecular formula is C20H21FN2O. The van der Waals surface area contributed by atoms with Crippen molar-refractivity contribution in [3.05, 3.63) is 71.0 Å². The average molecular weight is 324 g/mol. The number of carbonyl (C=O) groups is 1. The predicted octanol–water partition coefficient (Wildman–Crippen LogP) is 3.15. The molecule has 24 heavy (non-hydrogen) atoms. The van der Waals surface area contributed by atoms with Crippen molar-refractivity contribution in [2.75, 3.05) is 13.1 Å². The Morgan fingerprint density at radius 3 is 2.75 bits per heavy atom. The van der Waals surface area contributed by atoms with Gasteiger partial charge in [-0.2, -0.15) is 0 Å². The van der Waals surface area contributed by atoms with Gasteiger partial charge in [-0.15, -0.1) is 0 Å². The number of halogens is 1. The lowest BCUT2D eigenvalue weighted by molar-refractivity contribution is 0.0902. The number of carbonyl (C=O) groups excluding carboxylic acids is 1. The smallest absolute Gasteiger partial charge is 0.252 e. The molecule has 1 atom stereocenters. The van der Waals surface area contributed by atoms with Gasteiger partial charge in [0.25, 0.3) is 5.91 Å². The molecular weight excluding hydrogens is 303 g/mol. The Bertz CT molecular complexity index is 776. The van der Waals surface area contributed by atoms with E-state index in [9.17, 15) is 9.18 Å². The van der Waals surface area contributed by atoms with E-state index >= 15 is 0 Å². The van der Waals surface area contributed by atoms with E-state index in [-0.39, 0.29) is 17.3 Å². The van der Waals surface area contributed by atoms with Crippen LogP contribution in [0, 0.1) is 5.82 Å². The predicted molar refractivity (Wildman–Crippen MR) is 91.3 cm³/mol. The summed E-state index contributed by atoms with van der Waals surface area (Å²) in [5.74, 6) is -0.133. The maximum absolute atomic E-state index is 13.9. The Morgan fingerprint density at radius 1 is 1.08 bits per heavy atom. The fourth-order valence-corrected chi connectivity index (χ4v) is 3.97. The number of hydrogen-bond acceptors (Lipinski definition) is 2. The van der Waals surface area contributed by atoms with Crippen LogP contribution in [0.4, 0.5) is 4.39 Å². The normalized spacial score (nSPS) is 23.8. The summed E-state index contributed by atoms with van der Waals surface area (Å²) in [6.07, 6.45) is 2.76. The maximum atomic E-state index is 13.9. The fourth-order valence-electron chi connectivity index (χ4n) is 3.97. The highest BCUT2D eigenvalue weighted by atomic mass is 19.1. The second-order valence-electron chi connectivity index (χ2n) is 6.94. The van der Waals surface area contributed by atoms with E-state index in [1.165, 1.54) is 6.07 Å². The topological polar surface area (TPSA) is 32.3 Å². The highest BCUT2D eigenvalue weighted by Gasteiger charge is 2.41. The molecule has 0 bridgehead atoms. The molecule has 3 nitrogen and oxygen atoms in total. The van der Waals surface area contributed by atoms with Crippen LogP contribution < -0.4 is 5.32 Å². The van der Waals surface area contributed by atoms with Gasteiger partial charge in [0.15, 0.2) is 0 Å². The van der Waals surface area contributed by atoms with Gasteiger partial charge in [0.1, 0.15) is 5.82 Å². The lowest BCUT2D eigenvalue weighted by atomic mass is 9.91. The number of fused-ring (bicyclic) bond motifs is 1. The molecule has 1 N–H and O–H groups in total. The van der Waals surface area contributed by atoms with Crippen molar-refractivity contribution in [1.29, 1.82) is 0 Å². The van der Waals surface area contributed by atoms with Crippen LogP contribution in [0.25, 0.3) is 0 Å². The molecule has 1 unspecified atom stereocenters. The summed E-state index contributed by atoms with van der Waals surface area (Å²) in [7, 11) is 0. The molecule has 2 aromatic carbocycles. The second-order valence-corrected chi connectivity index (χ2v) is 6.94. The second kappa shape index (κ2) is 6.02. The average Bonchev–Trinajstić information content (AvgIpc) is 2.91. The molecule has 0 aliphatic carbocycles. The van der Waals surface area contributed by atoms with Gasteiger partial charge in [-0.1, -0.05) is 36.4 Å². The van der Waals surface area contributed by atoms with Crippen molar-refractivity contribution in [3.63, 3.8) is 0 Å². The Morgan fingerprint density at radius 2 is 1.88 bits per heavy atom. The summed E-state index contributed by atoms with van der Waals surface area (Å²) in [5.41, 5.74) is 2.44. The molecule has 0 saturated carbocycles. The van der Waals surface area contributed by atoms with E-state index in [1.807, 2.05) is 36.4 Å². The van der Waals surface area contributed by atoms with Gasteiger partial charge in [0.05, 0.1) is 5.54 Å². The number of aryl methyl sites for hydroxylation is 1. The van der Waals surface area contributed by atoms with E-state index in [4.69, 9.17) is 0 Å². The molecule has 4 rings (SSSR count).